The van der Waals surface area contributed by atoms with Crippen molar-refractivity contribution in [1.29, 1.82) is 0 Å². The van der Waals surface area contributed by atoms with Crippen molar-refractivity contribution in [2.75, 3.05) is 6.61 Å². The van der Waals surface area contributed by atoms with E-state index in [1.54, 1.807) is 42.2 Å². The third-order valence-corrected chi connectivity index (χ3v) is 2.86. The van der Waals surface area contributed by atoms with E-state index < -0.39 is 11.6 Å². The number of hydrogen-bond donors (Lipinski definition) is 0. The minimum absolute atomic E-state index is 0.323. The predicted molar refractivity (Wildman–Crippen MR) is 86.9 cm³/mol. The van der Waals surface area contributed by atoms with Crippen molar-refractivity contribution in [2.45, 2.75) is 33.3 Å². The van der Waals surface area contributed by atoms with Crippen molar-refractivity contribution >= 4 is 29.2 Å². The zero-order chi connectivity index (χ0) is 17.0. The maximum absolute atomic E-state index is 11.7. The van der Waals surface area contributed by atoms with Crippen LogP contribution in [-0.4, -0.2) is 33.7 Å². The Morgan fingerprint density at radius 1 is 1.30 bits per heavy atom. The van der Waals surface area contributed by atoms with E-state index in [-0.39, 0.29) is 5.97 Å². The number of rotatable bonds is 4. The van der Waals surface area contributed by atoms with Crippen LogP contribution in [0.25, 0.3) is 17.2 Å². The van der Waals surface area contributed by atoms with Gasteiger partial charge in [-0.1, -0.05) is 0 Å². The number of fused-ring (bicyclic) bond motifs is 1. The zero-order valence-electron chi connectivity index (χ0n) is 13.7. The molecule has 1 heterocycles. The number of esters is 2. The fourth-order valence-corrected chi connectivity index (χ4v) is 1.97. The monoisotopic (exact) mass is 316 g/mol. The Kier molecular flexibility index (Phi) is 4.83. The van der Waals surface area contributed by atoms with E-state index in [4.69, 9.17) is 9.47 Å². The Bertz CT molecular complexity index is 754. The fourth-order valence-electron chi connectivity index (χ4n) is 1.97. The van der Waals surface area contributed by atoms with Gasteiger partial charge in [-0.25, -0.2) is 14.6 Å². The summed E-state index contributed by atoms with van der Waals surface area (Å²) in [5, 5.41) is 0. The SMILES string of the molecule is CCOC(=O)c1ccc2c(c1)ncn2/C=C/C(=O)OC(C)(C)C. The number of nitrogens with zero attached hydrogens (tertiary/aromatic N) is 2. The molecule has 0 amide bonds. The summed E-state index contributed by atoms with van der Waals surface area (Å²) in [7, 11) is 0. The van der Waals surface area contributed by atoms with Crippen LogP contribution in [0, 0.1) is 0 Å². The number of ether oxygens (including phenoxy) is 2. The van der Waals surface area contributed by atoms with Crippen LogP contribution in [-0.2, 0) is 14.3 Å². The molecule has 2 rings (SSSR count). The number of hydrogen-bond acceptors (Lipinski definition) is 5. The molecule has 0 saturated heterocycles. The van der Waals surface area contributed by atoms with Crippen molar-refractivity contribution in [3.8, 4) is 0 Å². The molecule has 0 aliphatic rings. The molecule has 0 aliphatic heterocycles. The van der Waals surface area contributed by atoms with Crippen LogP contribution in [0.4, 0.5) is 0 Å². The van der Waals surface area contributed by atoms with Crippen molar-refractivity contribution < 1.29 is 19.1 Å². The second kappa shape index (κ2) is 6.64. The van der Waals surface area contributed by atoms with Gasteiger partial charge >= 0.3 is 11.9 Å². The van der Waals surface area contributed by atoms with Crippen LogP contribution in [0.3, 0.4) is 0 Å². The zero-order valence-corrected chi connectivity index (χ0v) is 13.7. The first kappa shape index (κ1) is 16.7. The van der Waals surface area contributed by atoms with Gasteiger partial charge in [-0.3, -0.25) is 0 Å². The summed E-state index contributed by atoms with van der Waals surface area (Å²) in [6.07, 6.45) is 4.49. The molecule has 0 unspecified atom stereocenters. The summed E-state index contributed by atoms with van der Waals surface area (Å²) >= 11 is 0. The van der Waals surface area contributed by atoms with E-state index >= 15 is 0 Å². The van der Waals surface area contributed by atoms with Crippen LogP contribution in [0.1, 0.15) is 38.1 Å². The van der Waals surface area contributed by atoms with Gasteiger partial charge in [-0.2, -0.15) is 0 Å². The molecule has 0 N–H and O–H groups in total. The topological polar surface area (TPSA) is 70.4 Å². The van der Waals surface area contributed by atoms with Gasteiger partial charge in [0, 0.05) is 12.3 Å². The van der Waals surface area contributed by atoms with E-state index in [0.717, 1.165) is 5.52 Å². The Balaban J connectivity index is 2.20. The van der Waals surface area contributed by atoms with E-state index in [2.05, 4.69) is 4.98 Å². The first-order valence-electron chi connectivity index (χ1n) is 7.35. The van der Waals surface area contributed by atoms with E-state index in [1.165, 1.54) is 6.08 Å². The van der Waals surface area contributed by atoms with Gasteiger partial charge in [0.2, 0.25) is 0 Å². The summed E-state index contributed by atoms with van der Waals surface area (Å²) in [4.78, 5) is 27.6. The maximum Gasteiger partial charge on any atom is 0.338 e. The molecule has 1 aromatic heterocycles. The fraction of sp³-hybridized carbons (Fsp3) is 0.353. The van der Waals surface area contributed by atoms with Gasteiger partial charge in [0.1, 0.15) is 5.60 Å². The quantitative estimate of drug-likeness (QED) is 0.640. The number of aromatic nitrogens is 2. The van der Waals surface area contributed by atoms with Gasteiger partial charge in [-0.05, 0) is 45.9 Å². The van der Waals surface area contributed by atoms with Crippen LogP contribution in [0.2, 0.25) is 0 Å². The number of benzene rings is 1. The summed E-state index contributed by atoms with van der Waals surface area (Å²) in [5.41, 5.74) is 1.33. The normalized spacial score (nSPS) is 11.8. The molecule has 1 aromatic carbocycles. The first-order chi connectivity index (χ1) is 10.8. The minimum Gasteiger partial charge on any atom is -0.462 e. The first-order valence-corrected chi connectivity index (χ1v) is 7.35. The molecule has 23 heavy (non-hydrogen) atoms. The summed E-state index contributed by atoms with van der Waals surface area (Å²) < 4.78 is 11.9. The smallest absolute Gasteiger partial charge is 0.338 e. The van der Waals surface area contributed by atoms with Crippen LogP contribution in [0.15, 0.2) is 30.6 Å². The highest BCUT2D eigenvalue weighted by molar-refractivity contribution is 5.94. The molecule has 2 aromatic rings. The Morgan fingerprint density at radius 3 is 2.70 bits per heavy atom. The largest absolute Gasteiger partial charge is 0.462 e. The van der Waals surface area contributed by atoms with Crippen molar-refractivity contribution in [1.82, 2.24) is 9.55 Å². The molecule has 0 saturated carbocycles. The lowest BCUT2D eigenvalue weighted by Gasteiger charge is -2.17. The molecular formula is C17H20N2O4. The van der Waals surface area contributed by atoms with E-state index in [0.29, 0.717) is 17.7 Å². The second-order valence-electron chi connectivity index (χ2n) is 5.93. The lowest BCUT2D eigenvalue weighted by Crippen LogP contribution is -2.22. The van der Waals surface area contributed by atoms with Crippen molar-refractivity contribution in [2.24, 2.45) is 0 Å². The molecule has 6 nitrogen and oxygen atoms in total. The minimum atomic E-state index is -0.535. The molecule has 122 valence electrons. The highest BCUT2D eigenvalue weighted by Crippen LogP contribution is 2.16. The van der Waals surface area contributed by atoms with Crippen molar-refractivity contribution in [3.05, 3.63) is 36.2 Å². The molecule has 0 atom stereocenters. The lowest BCUT2D eigenvalue weighted by atomic mass is 10.2. The molecule has 0 radical (unpaired) electrons. The number of carbonyl (C=O) groups is 2. The number of carbonyl (C=O) groups excluding carboxylic acids is 2. The number of imidazole rings is 1. The van der Waals surface area contributed by atoms with Gasteiger partial charge in [-0.15, -0.1) is 0 Å². The van der Waals surface area contributed by atoms with E-state index in [1.807, 2.05) is 20.8 Å². The van der Waals surface area contributed by atoms with Gasteiger partial charge in [0.05, 0.1) is 29.5 Å². The molecule has 0 aliphatic carbocycles. The maximum atomic E-state index is 11.7. The lowest BCUT2D eigenvalue weighted by molar-refractivity contribution is -0.148. The molecule has 6 heteroatoms. The average molecular weight is 316 g/mol. The van der Waals surface area contributed by atoms with Crippen LogP contribution >= 0.6 is 0 Å². The van der Waals surface area contributed by atoms with Gasteiger partial charge in [0.15, 0.2) is 0 Å². The third kappa shape index (κ3) is 4.42. The second-order valence-corrected chi connectivity index (χ2v) is 5.93. The molecule has 0 spiro atoms. The Hall–Kier alpha value is -2.63. The predicted octanol–water partition coefficient (Wildman–Crippen LogP) is 3.03. The third-order valence-electron chi connectivity index (χ3n) is 2.86. The molecular weight excluding hydrogens is 296 g/mol. The Morgan fingerprint density at radius 2 is 2.04 bits per heavy atom. The molecule has 0 bridgehead atoms. The summed E-state index contributed by atoms with van der Waals surface area (Å²) in [6, 6.07) is 5.08. The molecule has 0 fully saturated rings. The van der Waals surface area contributed by atoms with Crippen molar-refractivity contribution in [3.63, 3.8) is 0 Å². The highest BCUT2D eigenvalue weighted by Gasteiger charge is 2.14. The van der Waals surface area contributed by atoms with E-state index in [9.17, 15) is 9.59 Å². The average Bonchev–Trinajstić information content (AvgIpc) is 2.85. The highest BCUT2D eigenvalue weighted by atomic mass is 16.6. The standard InChI is InChI=1S/C17H20N2O4/c1-5-22-16(21)12-6-7-14-13(10-12)18-11-19(14)9-8-15(20)23-17(2,3)4/h6-11H,5H2,1-4H3/b9-8+. The van der Waals surface area contributed by atoms with Gasteiger partial charge < -0.3 is 14.0 Å². The summed E-state index contributed by atoms with van der Waals surface area (Å²) in [6.45, 7) is 7.50. The summed E-state index contributed by atoms with van der Waals surface area (Å²) in [5.74, 6) is -0.809. The Labute approximate surface area is 134 Å². The van der Waals surface area contributed by atoms with Crippen LogP contribution in [0.5, 0.6) is 0 Å². The van der Waals surface area contributed by atoms with Crippen LogP contribution < -0.4 is 0 Å². The van der Waals surface area contributed by atoms with Gasteiger partial charge in [0.25, 0.3) is 0 Å².